The molecule has 0 aliphatic carbocycles. The second-order valence-corrected chi connectivity index (χ2v) is 10.2. The molecule has 4 atom stereocenters. The molecule has 0 saturated heterocycles. The van der Waals surface area contributed by atoms with Crippen LogP contribution in [0, 0.1) is 5.92 Å². The molecule has 0 aliphatic heterocycles. The van der Waals surface area contributed by atoms with Gasteiger partial charge in [-0.2, -0.15) is 11.8 Å². The molecule has 8 N–H and O–H groups in total. The fourth-order valence-electron chi connectivity index (χ4n) is 3.60. The van der Waals surface area contributed by atoms with Crippen molar-refractivity contribution in [1.82, 2.24) is 25.9 Å². The summed E-state index contributed by atoms with van der Waals surface area (Å²) in [5.74, 6) is -2.66. The molecule has 1 aromatic heterocycles. The molecule has 0 bridgehead atoms. The van der Waals surface area contributed by atoms with Crippen LogP contribution in [0.3, 0.4) is 0 Å². The highest BCUT2D eigenvalue weighted by Crippen LogP contribution is 2.13. The van der Waals surface area contributed by atoms with Gasteiger partial charge in [0.1, 0.15) is 23.9 Å². The molecule has 2 aromatic rings. The van der Waals surface area contributed by atoms with Crippen molar-refractivity contribution >= 4 is 35.5 Å². The van der Waals surface area contributed by atoms with Crippen LogP contribution in [0.15, 0.2) is 36.8 Å². The summed E-state index contributed by atoms with van der Waals surface area (Å²) < 4.78 is 0. The van der Waals surface area contributed by atoms with Crippen molar-refractivity contribution in [2.24, 2.45) is 11.7 Å². The predicted molar refractivity (Wildman–Crippen MR) is 143 cm³/mol. The standard InChI is InChI=1S/C25H36N6O6S/c1-14(2)21(31-22(33)18(26)8-9-38-3)24(35)29-19(10-15-4-6-17(32)7-5-15)23(34)30-20(25(36)37)11-16-12-27-13-28-16/h4-7,12-14,18-21,32H,8-11,26H2,1-3H3,(H,27,28)(H,29,35)(H,30,34)(H,31,33)(H,36,37). The number of phenols is 1. The van der Waals surface area contributed by atoms with E-state index in [0.717, 1.165) is 0 Å². The van der Waals surface area contributed by atoms with E-state index in [1.54, 1.807) is 37.7 Å². The maximum absolute atomic E-state index is 13.3. The van der Waals surface area contributed by atoms with Crippen LogP contribution >= 0.6 is 11.8 Å². The SMILES string of the molecule is CSCCC(N)C(=O)NC(C(=O)NC(Cc1ccc(O)cc1)C(=O)NC(Cc1cnc[nH]1)C(=O)O)C(C)C. The maximum Gasteiger partial charge on any atom is 0.326 e. The van der Waals surface area contributed by atoms with Gasteiger partial charge < -0.3 is 36.9 Å². The second-order valence-electron chi connectivity index (χ2n) is 9.23. The minimum Gasteiger partial charge on any atom is -0.508 e. The number of thioether (sulfide) groups is 1. The van der Waals surface area contributed by atoms with Gasteiger partial charge >= 0.3 is 5.97 Å². The lowest BCUT2D eigenvalue weighted by Crippen LogP contribution is -2.59. The summed E-state index contributed by atoms with van der Waals surface area (Å²) in [5, 5.41) is 27.1. The molecule has 13 heteroatoms. The third kappa shape index (κ3) is 9.71. The number of hydrogen-bond acceptors (Lipinski definition) is 8. The molecular formula is C25H36N6O6S. The molecule has 12 nitrogen and oxygen atoms in total. The number of rotatable bonds is 15. The van der Waals surface area contributed by atoms with E-state index < -0.39 is 47.9 Å². The Morgan fingerprint density at radius 3 is 2.21 bits per heavy atom. The molecule has 38 heavy (non-hydrogen) atoms. The summed E-state index contributed by atoms with van der Waals surface area (Å²) in [6, 6.07) is 1.86. The Morgan fingerprint density at radius 1 is 1.00 bits per heavy atom. The van der Waals surface area contributed by atoms with E-state index in [-0.39, 0.29) is 24.5 Å². The first-order valence-electron chi connectivity index (χ1n) is 12.1. The second kappa shape index (κ2) is 15.0. The average Bonchev–Trinajstić information content (AvgIpc) is 3.38. The first kappa shape index (κ1) is 30.6. The number of carboxylic acids is 1. The molecule has 2 rings (SSSR count). The number of aliphatic carboxylic acids is 1. The average molecular weight is 549 g/mol. The minimum atomic E-state index is -1.28. The van der Waals surface area contributed by atoms with E-state index >= 15 is 0 Å². The Balaban J connectivity index is 2.22. The van der Waals surface area contributed by atoms with Gasteiger partial charge in [0.05, 0.1) is 12.4 Å². The van der Waals surface area contributed by atoms with Crippen LogP contribution in [0.4, 0.5) is 0 Å². The van der Waals surface area contributed by atoms with Gasteiger partial charge in [0.25, 0.3) is 0 Å². The van der Waals surface area contributed by atoms with E-state index in [1.807, 2.05) is 6.26 Å². The number of benzene rings is 1. The molecule has 0 saturated carbocycles. The summed E-state index contributed by atoms with van der Waals surface area (Å²) in [6.45, 7) is 3.50. The third-order valence-corrected chi connectivity index (χ3v) is 6.46. The van der Waals surface area contributed by atoms with Crippen molar-refractivity contribution in [1.29, 1.82) is 0 Å². The largest absolute Gasteiger partial charge is 0.508 e. The zero-order valence-electron chi connectivity index (χ0n) is 21.6. The van der Waals surface area contributed by atoms with Crippen molar-refractivity contribution in [2.75, 3.05) is 12.0 Å². The number of carbonyl (C=O) groups is 4. The molecular weight excluding hydrogens is 512 g/mol. The Bertz CT molecular complexity index is 1060. The topological polar surface area (TPSA) is 200 Å². The lowest BCUT2D eigenvalue weighted by atomic mass is 10.00. The van der Waals surface area contributed by atoms with Gasteiger partial charge in [0.15, 0.2) is 0 Å². The monoisotopic (exact) mass is 548 g/mol. The Hall–Kier alpha value is -3.58. The Morgan fingerprint density at radius 2 is 1.66 bits per heavy atom. The number of carbonyl (C=O) groups excluding carboxylic acids is 3. The normalized spacial score (nSPS) is 14.2. The van der Waals surface area contributed by atoms with Crippen molar-refractivity contribution in [3.05, 3.63) is 48.0 Å². The number of H-pyrrole nitrogens is 1. The van der Waals surface area contributed by atoms with E-state index in [2.05, 4.69) is 25.9 Å². The molecule has 0 radical (unpaired) electrons. The van der Waals surface area contributed by atoms with Gasteiger partial charge in [-0.1, -0.05) is 26.0 Å². The number of aromatic nitrogens is 2. The van der Waals surface area contributed by atoms with Crippen LogP contribution in [0.5, 0.6) is 5.75 Å². The zero-order chi connectivity index (χ0) is 28.2. The van der Waals surface area contributed by atoms with Crippen LogP contribution < -0.4 is 21.7 Å². The highest BCUT2D eigenvalue weighted by atomic mass is 32.2. The number of amides is 3. The number of imidazole rings is 1. The summed E-state index contributed by atoms with van der Waals surface area (Å²) in [6.07, 6.45) is 5.17. The summed E-state index contributed by atoms with van der Waals surface area (Å²) in [7, 11) is 0. The number of phenolic OH excluding ortho intramolecular Hbond substituents is 1. The van der Waals surface area contributed by atoms with Gasteiger partial charge in [-0.3, -0.25) is 14.4 Å². The molecule has 0 aliphatic rings. The smallest absolute Gasteiger partial charge is 0.326 e. The van der Waals surface area contributed by atoms with Gasteiger partial charge in [-0.25, -0.2) is 9.78 Å². The minimum absolute atomic E-state index is 0.0141. The molecule has 1 aromatic carbocycles. The van der Waals surface area contributed by atoms with Crippen LogP contribution in [0.2, 0.25) is 0 Å². The fourth-order valence-corrected chi connectivity index (χ4v) is 4.09. The molecule has 0 spiro atoms. The molecule has 4 unspecified atom stereocenters. The van der Waals surface area contributed by atoms with Crippen LogP contribution in [-0.2, 0) is 32.0 Å². The van der Waals surface area contributed by atoms with E-state index in [4.69, 9.17) is 5.73 Å². The molecule has 1 heterocycles. The summed E-state index contributed by atoms with van der Waals surface area (Å²) in [5.41, 5.74) is 7.08. The van der Waals surface area contributed by atoms with Gasteiger partial charge in [-0.15, -0.1) is 0 Å². The number of nitrogens with two attached hydrogens (primary N) is 1. The highest BCUT2D eigenvalue weighted by Gasteiger charge is 2.32. The molecule has 3 amide bonds. The van der Waals surface area contributed by atoms with E-state index in [9.17, 15) is 29.4 Å². The van der Waals surface area contributed by atoms with Crippen LogP contribution in [-0.4, -0.2) is 80.0 Å². The maximum atomic E-state index is 13.3. The highest BCUT2D eigenvalue weighted by molar-refractivity contribution is 7.98. The van der Waals surface area contributed by atoms with Gasteiger partial charge in [0.2, 0.25) is 17.7 Å². The fraction of sp³-hybridized carbons (Fsp3) is 0.480. The van der Waals surface area contributed by atoms with Crippen molar-refractivity contribution in [2.45, 2.75) is 57.3 Å². The van der Waals surface area contributed by atoms with Gasteiger partial charge in [0, 0.05) is 24.7 Å². The predicted octanol–water partition coefficient (Wildman–Crippen LogP) is 0.176. The molecule has 208 valence electrons. The van der Waals surface area contributed by atoms with Crippen molar-refractivity contribution in [3.8, 4) is 5.75 Å². The number of nitrogens with one attached hydrogen (secondary N) is 4. The van der Waals surface area contributed by atoms with Crippen LogP contribution in [0.1, 0.15) is 31.5 Å². The first-order valence-corrected chi connectivity index (χ1v) is 13.5. The summed E-state index contributed by atoms with van der Waals surface area (Å²) in [4.78, 5) is 57.6. The lowest BCUT2D eigenvalue weighted by molar-refractivity contribution is -0.142. The number of carboxylic acid groups (broad SMARTS) is 1. The Kier molecular flexibility index (Phi) is 12.1. The number of nitrogens with zero attached hydrogens (tertiary/aromatic N) is 1. The number of aromatic amines is 1. The quantitative estimate of drug-likeness (QED) is 0.162. The zero-order valence-corrected chi connectivity index (χ0v) is 22.5. The first-order chi connectivity index (χ1) is 18.0. The molecule has 0 fully saturated rings. The Labute approximate surface area is 225 Å². The third-order valence-electron chi connectivity index (χ3n) is 5.82. The lowest BCUT2D eigenvalue weighted by Gasteiger charge is -2.27. The number of aromatic hydroxyl groups is 1. The van der Waals surface area contributed by atoms with E-state index in [0.29, 0.717) is 23.4 Å². The van der Waals surface area contributed by atoms with Crippen molar-refractivity contribution < 1.29 is 29.4 Å². The van der Waals surface area contributed by atoms with E-state index in [1.165, 1.54) is 24.7 Å². The van der Waals surface area contributed by atoms with Gasteiger partial charge in [-0.05, 0) is 42.0 Å². The van der Waals surface area contributed by atoms with Crippen LogP contribution in [0.25, 0.3) is 0 Å². The summed E-state index contributed by atoms with van der Waals surface area (Å²) >= 11 is 1.55. The van der Waals surface area contributed by atoms with Crippen molar-refractivity contribution in [3.63, 3.8) is 0 Å². The number of hydrogen-bond donors (Lipinski definition) is 7.